The minimum absolute atomic E-state index is 0.0607. The SMILES string of the molecule is N=C(N)c1cccc(C2=CCN(C(=O)c3ccc(-c4cccs4)cc3)CC2)c1.O=C(O)C(F)(F)F. The second-order valence-corrected chi connectivity index (χ2v) is 8.53. The average molecular weight is 502 g/mol. The molecule has 35 heavy (non-hydrogen) atoms. The maximum absolute atomic E-state index is 12.8. The van der Waals surface area contributed by atoms with E-state index >= 15 is 0 Å². The molecule has 3 aromatic rings. The molecular formula is C25H22F3N3O3S. The van der Waals surface area contributed by atoms with Crippen molar-refractivity contribution in [1.29, 1.82) is 5.41 Å². The number of halogens is 3. The molecular weight excluding hydrogens is 479 g/mol. The van der Waals surface area contributed by atoms with Crippen LogP contribution in [-0.4, -0.2) is 47.0 Å². The van der Waals surface area contributed by atoms with E-state index in [2.05, 4.69) is 17.5 Å². The first-order chi connectivity index (χ1) is 16.6. The molecule has 0 aliphatic carbocycles. The zero-order valence-electron chi connectivity index (χ0n) is 18.4. The Morgan fingerprint density at radius 1 is 1.00 bits per heavy atom. The van der Waals surface area contributed by atoms with Crippen LogP contribution in [0.25, 0.3) is 16.0 Å². The number of carbonyl (C=O) groups excluding carboxylic acids is 1. The Bertz CT molecular complexity index is 1240. The van der Waals surface area contributed by atoms with E-state index in [9.17, 15) is 18.0 Å². The summed E-state index contributed by atoms with van der Waals surface area (Å²) in [7, 11) is 0. The molecule has 6 nitrogen and oxygen atoms in total. The second-order valence-electron chi connectivity index (χ2n) is 7.58. The van der Waals surface area contributed by atoms with Gasteiger partial charge in [-0.3, -0.25) is 10.2 Å². The Labute approximate surface area is 203 Å². The number of nitrogens with two attached hydrogens (primary N) is 1. The van der Waals surface area contributed by atoms with Gasteiger partial charge in [0.15, 0.2) is 0 Å². The van der Waals surface area contributed by atoms with E-state index in [1.54, 1.807) is 11.3 Å². The number of nitrogens with one attached hydrogen (secondary N) is 1. The van der Waals surface area contributed by atoms with Gasteiger partial charge in [0.1, 0.15) is 5.84 Å². The number of carboxylic acids is 1. The van der Waals surface area contributed by atoms with Crippen LogP contribution in [0.4, 0.5) is 13.2 Å². The Morgan fingerprint density at radius 3 is 2.20 bits per heavy atom. The maximum Gasteiger partial charge on any atom is 0.490 e. The summed E-state index contributed by atoms with van der Waals surface area (Å²) in [6.07, 6.45) is -2.19. The zero-order chi connectivity index (χ0) is 25.6. The van der Waals surface area contributed by atoms with Crippen molar-refractivity contribution in [3.05, 3.63) is 88.8 Å². The normalized spacial score (nSPS) is 13.3. The van der Waals surface area contributed by atoms with Crippen molar-refractivity contribution in [3.8, 4) is 10.4 Å². The highest BCUT2D eigenvalue weighted by molar-refractivity contribution is 7.13. The van der Waals surface area contributed by atoms with E-state index in [-0.39, 0.29) is 11.7 Å². The number of hydrogen-bond acceptors (Lipinski definition) is 4. The van der Waals surface area contributed by atoms with E-state index in [1.807, 2.05) is 59.5 Å². The van der Waals surface area contributed by atoms with Crippen molar-refractivity contribution in [2.24, 2.45) is 5.73 Å². The summed E-state index contributed by atoms with van der Waals surface area (Å²) in [4.78, 5) is 24.8. The summed E-state index contributed by atoms with van der Waals surface area (Å²) < 4.78 is 31.7. The first-order valence-corrected chi connectivity index (χ1v) is 11.3. The first-order valence-electron chi connectivity index (χ1n) is 10.4. The molecule has 1 aliphatic heterocycles. The number of amides is 1. The number of thiophene rings is 1. The van der Waals surface area contributed by atoms with Crippen LogP contribution in [0.1, 0.15) is 27.9 Å². The van der Waals surface area contributed by atoms with Crippen molar-refractivity contribution in [2.75, 3.05) is 13.1 Å². The molecule has 182 valence electrons. The summed E-state index contributed by atoms with van der Waals surface area (Å²) in [5.41, 5.74) is 10.4. The molecule has 1 aromatic heterocycles. The zero-order valence-corrected chi connectivity index (χ0v) is 19.2. The van der Waals surface area contributed by atoms with E-state index < -0.39 is 12.1 Å². The Hall–Kier alpha value is -3.92. The van der Waals surface area contributed by atoms with Crippen LogP contribution in [0.15, 0.2) is 72.1 Å². The molecule has 10 heteroatoms. The van der Waals surface area contributed by atoms with Crippen LogP contribution in [0, 0.1) is 5.41 Å². The lowest BCUT2D eigenvalue weighted by Gasteiger charge is -2.27. The lowest BCUT2D eigenvalue weighted by Crippen LogP contribution is -2.34. The van der Waals surface area contributed by atoms with Crippen LogP contribution >= 0.6 is 11.3 Å². The van der Waals surface area contributed by atoms with E-state index in [4.69, 9.17) is 21.0 Å². The minimum atomic E-state index is -5.08. The standard InChI is InChI=1S/C23H21N3OS.C2HF3O2/c24-22(25)20-4-1-3-19(15-20)16-10-12-26(13-11-16)23(27)18-8-6-17(7-9-18)21-5-2-14-28-21;3-2(4,5)1(6)7/h1-10,14-15H,11-13H2,(H3,24,25);(H,6,7). The van der Waals surface area contributed by atoms with Gasteiger partial charge in [0.25, 0.3) is 5.91 Å². The van der Waals surface area contributed by atoms with Crippen LogP contribution in [0.5, 0.6) is 0 Å². The summed E-state index contributed by atoms with van der Waals surface area (Å²) in [6.45, 7) is 1.27. The summed E-state index contributed by atoms with van der Waals surface area (Å²) in [5.74, 6) is -2.63. The molecule has 1 amide bonds. The second kappa shape index (κ2) is 11.0. The Kier molecular flexibility index (Phi) is 8.08. The molecule has 0 atom stereocenters. The molecule has 4 rings (SSSR count). The van der Waals surface area contributed by atoms with Gasteiger partial charge >= 0.3 is 12.1 Å². The lowest BCUT2D eigenvalue weighted by molar-refractivity contribution is -0.192. The Morgan fingerprint density at radius 2 is 1.69 bits per heavy atom. The van der Waals surface area contributed by atoms with Gasteiger partial charge in [-0.2, -0.15) is 13.2 Å². The third-order valence-corrected chi connectivity index (χ3v) is 6.14. The number of alkyl halides is 3. The van der Waals surface area contributed by atoms with E-state index in [1.165, 1.54) is 10.5 Å². The number of rotatable bonds is 4. The first kappa shape index (κ1) is 25.7. The van der Waals surface area contributed by atoms with Gasteiger partial charge in [0, 0.05) is 29.1 Å². The number of aliphatic carboxylic acids is 1. The van der Waals surface area contributed by atoms with E-state index in [0.29, 0.717) is 13.1 Å². The predicted molar refractivity (Wildman–Crippen MR) is 129 cm³/mol. The smallest absolute Gasteiger partial charge is 0.475 e. The molecule has 2 aromatic carbocycles. The molecule has 0 saturated heterocycles. The number of carbonyl (C=O) groups is 2. The fraction of sp³-hybridized carbons (Fsp3) is 0.160. The van der Waals surface area contributed by atoms with Crippen molar-refractivity contribution < 1.29 is 27.9 Å². The average Bonchev–Trinajstić information content (AvgIpc) is 3.39. The van der Waals surface area contributed by atoms with Gasteiger partial charge in [0.2, 0.25) is 0 Å². The fourth-order valence-electron chi connectivity index (χ4n) is 3.40. The van der Waals surface area contributed by atoms with Crippen LogP contribution in [0.2, 0.25) is 0 Å². The topological polar surface area (TPSA) is 107 Å². The molecule has 2 heterocycles. The molecule has 0 bridgehead atoms. The number of benzene rings is 2. The maximum atomic E-state index is 12.8. The van der Waals surface area contributed by atoms with Crippen LogP contribution in [-0.2, 0) is 4.79 Å². The predicted octanol–water partition coefficient (Wildman–Crippen LogP) is 5.26. The van der Waals surface area contributed by atoms with Gasteiger partial charge < -0.3 is 15.7 Å². The molecule has 0 unspecified atom stereocenters. The van der Waals surface area contributed by atoms with Crippen molar-refractivity contribution >= 4 is 34.6 Å². The highest BCUT2D eigenvalue weighted by atomic mass is 32.1. The molecule has 0 saturated carbocycles. The number of nitrogen functional groups attached to an aromatic ring is 1. The van der Waals surface area contributed by atoms with Crippen LogP contribution in [0.3, 0.4) is 0 Å². The third kappa shape index (κ3) is 6.80. The van der Waals surface area contributed by atoms with Crippen molar-refractivity contribution in [2.45, 2.75) is 12.6 Å². The summed E-state index contributed by atoms with van der Waals surface area (Å²) in [5, 5.41) is 16.8. The Balaban J connectivity index is 0.000000429. The molecule has 1 aliphatic rings. The number of nitrogens with zero attached hydrogens (tertiary/aromatic N) is 1. The third-order valence-electron chi connectivity index (χ3n) is 5.22. The van der Waals surface area contributed by atoms with Gasteiger partial charge in [-0.25, -0.2) is 4.79 Å². The van der Waals surface area contributed by atoms with Gasteiger partial charge in [-0.15, -0.1) is 11.3 Å². The van der Waals surface area contributed by atoms with Crippen LogP contribution < -0.4 is 5.73 Å². The lowest BCUT2D eigenvalue weighted by atomic mass is 9.97. The number of hydrogen-bond donors (Lipinski definition) is 3. The van der Waals surface area contributed by atoms with Gasteiger partial charge in [-0.05, 0) is 52.8 Å². The number of amidine groups is 1. The fourth-order valence-corrected chi connectivity index (χ4v) is 4.14. The summed E-state index contributed by atoms with van der Waals surface area (Å²) >= 11 is 1.69. The minimum Gasteiger partial charge on any atom is -0.475 e. The highest BCUT2D eigenvalue weighted by Gasteiger charge is 2.38. The van der Waals surface area contributed by atoms with Crippen molar-refractivity contribution in [1.82, 2.24) is 4.90 Å². The highest BCUT2D eigenvalue weighted by Crippen LogP contribution is 2.26. The van der Waals surface area contributed by atoms with E-state index in [0.717, 1.165) is 28.7 Å². The van der Waals surface area contributed by atoms with Gasteiger partial charge in [0.05, 0.1) is 0 Å². The quantitative estimate of drug-likeness (QED) is 0.335. The molecule has 0 spiro atoms. The molecule has 4 N–H and O–H groups in total. The molecule has 0 radical (unpaired) electrons. The van der Waals surface area contributed by atoms with Crippen molar-refractivity contribution in [3.63, 3.8) is 0 Å². The van der Waals surface area contributed by atoms with Gasteiger partial charge in [-0.1, -0.05) is 42.5 Å². The largest absolute Gasteiger partial charge is 0.490 e. The number of carboxylic acid groups (broad SMARTS) is 1. The molecule has 0 fully saturated rings. The summed E-state index contributed by atoms with van der Waals surface area (Å²) in [6, 6.07) is 19.7. The monoisotopic (exact) mass is 501 g/mol.